The fourth-order valence-electron chi connectivity index (χ4n) is 1.13. The van der Waals surface area contributed by atoms with Gasteiger partial charge >= 0.3 is 0 Å². The number of rotatable bonds is 1. The van der Waals surface area contributed by atoms with Gasteiger partial charge in [-0.3, -0.25) is 0 Å². The van der Waals surface area contributed by atoms with Crippen molar-refractivity contribution in [1.29, 1.82) is 0 Å². The first-order chi connectivity index (χ1) is 5.57. The van der Waals surface area contributed by atoms with E-state index < -0.39 is 37.3 Å². The monoisotopic (exact) mass is 215 g/mol. The van der Waals surface area contributed by atoms with E-state index in [1.807, 2.05) is 0 Å². The average molecular weight is 216 g/mol. The van der Waals surface area contributed by atoms with E-state index in [9.17, 15) is 5.11 Å². The summed E-state index contributed by atoms with van der Waals surface area (Å²) in [6.45, 7) is -0.446. The molecule has 1 saturated heterocycles. The van der Waals surface area contributed by atoms with Crippen LogP contribution in [0.4, 0.5) is 0 Å². The van der Waals surface area contributed by atoms with E-state index in [1.54, 1.807) is 0 Å². The minimum absolute atomic E-state index is 0. The van der Waals surface area contributed by atoms with Gasteiger partial charge in [0.25, 0.3) is 0 Å². The Labute approximate surface area is 81.3 Å². The Balaban J connectivity index is 0.00000144. The van der Waals surface area contributed by atoms with Crippen molar-refractivity contribution in [2.45, 2.75) is 30.6 Å². The lowest BCUT2D eigenvalue weighted by Crippen LogP contribution is -2.61. The zero-order valence-electron chi connectivity index (χ0n) is 6.78. The molecular formula is C6H14ClNO5. The number of halogens is 1. The Bertz CT molecular complexity index is 155. The Hall–Kier alpha value is 0.0500. The van der Waals surface area contributed by atoms with E-state index in [4.69, 9.17) is 25.8 Å². The van der Waals surface area contributed by atoms with E-state index in [0.717, 1.165) is 0 Å². The van der Waals surface area contributed by atoms with Gasteiger partial charge in [-0.05, 0) is 0 Å². The summed E-state index contributed by atoms with van der Waals surface area (Å²) in [7, 11) is 0. The molecule has 6 nitrogen and oxygen atoms in total. The molecule has 1 rings (SSSR count). The number of ether oxygens (including phenoxy) is 1. The second kappa shape index (κ2) is 5.06. The molecule has 0 amide bonds. The maximum atomic E-state index is 9.18. The number of nitrogens with two attached hydrogens (primary N) is 1. The van der Waals surface area contributed by atoms with Crippen molar-refractivity contribution in [2.24, 2.45) is 5.73 Å². The number of aliphatic hydroxyl groups is 4. The predicted octanol–water partition coefficient (Wildman–Crippen LogP) is -2.83. The summed E-state index contributed by atoms with van der Waals surface area (Å²) >= 11 is 0. The number of aliphatic hydroxyl groups excluding tert-OH is 4. The molecule has 80 valence electrons. The lowest BCUT2D eigenvalue weighted by molar-refractivity contribution is -0.227. The van der Waals surface area contributed by atoms with E-state index >= 15 is 0 Å². The Morgan fingerprint density at radius 2 is 1.62 bits per heavy atom. The lowest BCUT2D eigenvalue weighted by atomic mass is 9.99. The van der Waals surface area contributed by atoms with Crippen LogP contribution in [0.1, 0.15) is 0 Å². The van der Waals surface area contributed by atoms with E-state index in [0.29, 0.717) is 0 Å². The van der Waals surface area contributed by atoms with Crippen LogP contribution in [0.2, 0.25) is 0 Å². The molecule has 1 aliphatic rings. The maximum Gasteiger partial charge on any atom is 0.135 e. The summed E-state index contributed by atoms with van der Waals surface area (Å²) in [6, 6.07) is 0. The van der Waals surface area contributed by atoms with Crippen LogP contribution in [0.25, 0.3) is 0 Å². The highest BCUT2D eigenvalue weighted by atomic mass is 35.5. The van der Waals surface area contributed by atoms with Crippen LogP contribution in [-0.4, -0.2) is 57.7 Å². The van der Waals surface area contributed by atoms with Gasteiger partial charge < -0.3 is 30.9 Å². The van der Waals surface area contributed by atoms with Crippen LogP contribution in [0.15, 0.2) is 0 Å². The highest BCUT2D eigenvalue weighted by molar-refractivity contribution is 5.85. The Morgan fingerprint density at radius 1 is 1.08 bits per heavy atom. The predicted molar refractivity (Wildman–Crippen MR) is 45.2 cm³/mol. The van der Waals surface area contributed by atoms with Crippen LogP contribution in [0.5, 0.6) is 0 Å². The third kappa shape index (κ3) is 2.50. The molecule has 5 atom stereocenters. The molecule has 0 aliphatic carbocycles. The summed E-state index contributed by atoms with van der Waals surface area (Å²) in [6.07, 6.45) is -5.99. The first kappa shape index (κ1) is 13.1. The normalized spacial score (nSPS) is 45.5. The van der Waals surface area contributed by atoms with Gasteiger partial charge in [0.15, 0.2) is 0 Å². The third-order valence-corrected chi connectivity index (χ3v) is 1.93. The van der Waals surface area contributed by atoms with E-state index in [1.165, 1.54) is 0 Å². The molecule has 7 heteroatoms. The van der Waals surface area contributed by atoms with Gasteiger partial charge in [0, 0.05) is 0 Å². The minimum atomic E-state index is -1.37. The van der Waals surface area contributed by atoms with Crippen LogP contribution in [-0.2, 0) is 4.74 Å². The summed E-state index contributed by atoms with van der Waals surface area (Å²) in [5, 5.41) is 36.1. The fourth-order valence-corrected chi connectivity index (χ4v) is 1.13. The van der Waals surface area contributed by atoms with E-state index in [-0.39, 0.29) is 12.4 Å². The smallest absolute Gasteiger partial charge is 0.135 e. The van der Waals surface area contributed by atoms with Gasteiger partial charge in [-0.2, -0.15) is 0 Å². The second-order valence-corrected chi connectivity index (χ2v) is 2.79. The quantitative estimate of drug-likeness (QED) is 0.322. The van der Waals surface area contributed by atoms with Crippen LogP contribution in [0.3, 0.4) is 0 Å². The molecule has 0 radical (unpaired) electrons. The van der Waals surface area contributed by atoms with Crippen molar-refractivity contribution in [2.75, 3.05) is 6.61 Å². The molecule has 0 saturated carbocycles. The average Bonchev–Trinajstić information content (AvgIpc) is 2.08. The number of hydrogen-bond donors (Lipinski definition) is 5. The zero-order valence-corrected chi connectivity index (χ0v) is 7.59. The second-order valence-electron chi connectivity index (χ2n) is 2.79. The van der Waals surface area contributed by atoms with Crippen molar-refractivity contribution >= 4 is 12.4 Å². The molecule has 0 unspecified atom stereocenters. The van der Waals surface area contributed by atoms with Crippen LogP contribution in [0, 0.1) is 0 Å². The molecule has 6 N–H and O–H groups in total. The largest absolute Gasteiger partial charge is 0.394 e. The van der Waals surface area contributed by atoms with Gasteiger partial charge in [-0.25, -0.2) is 0 Å². The molecule has 1 fully saturated rings. The SMILES string of the molecule is Cl.N[C@@H]1O[C@@H](CO)[C@H](O)[C@@H](O)[C@@H]1O. The molecule has 0 aromatic rings. The molecule has 1 aliphatic heterocycles. The maximum absolute atomic E-state index is 9.18. The topological polar surface area (TPSA) is 116 Å². The molecular weight excluding hydrogens is 202 g/mol. The van der Waals surface area contributed by atoms with Crippen molar-refractivity contribution in [1.82, 2.24) is 0 Å². The molecule has 1 heterocycles. The fraction of sp³-hybridized carbons (Fsp3) is 1.00. The first-order valence-corrected chi connectivity index (χ1v) is 3.64. The molecule has 0 bridgehead atoms. The molecule has 0 aromatic heterocycles. The Morgan fingerprint density at radius 3 is 2.08 bits per heavy atom. The standard InChI is InChI=1S/C6H13NO5.ClH/c7-6-5(11)4(10)3(9)2(1-8)12-6;/h2-6,8-11H,1,7H2;1H/t2-,3-,4+,5-,6+;/m0./s1. The van der Waals surface area contributed by atoms with Crippen molar-refractivity contribution in [3.8, 4) is 0 Å². The number of hydrogen-bond acceptors (Lipinski definition) is 6. The van der Waals surface area contributed by atoms with Gasteiger partial charge in [0.1, 0.15) is 30.6 Å². The van der Waals surface area contributed by atoms with Crippen molar-refractivity contribution in [3.63, 3.8) is 0 Å². The van der Waals surface area contributed by atoms with Gasteiger partial charge in [0.05, 0.1) is 6.61 Å². The molecule has 13 heavy (non-hydrogen) atoms. The van der Waals surface area contributed by atoms with Crippen molar-refractivity contribution < 1.29 is 25.2 Å². The van der Waals surface area contributed by atoms with Gasteiger partial charge in [-0.15, -0.1) is 12.4 Å². The lowest BCUT2D eigenvalue weighted by Gasteiger charge is -2.38. The zero-order chi connectivity index (χ0) is 9.30. The third-order valence-electron chi connectivity index (χ3n) is 1.93. The summed E-state index contributed by atoms with van der Waals surface area (Å²) in [4.78, 5) is 0. The van der Waals surface area contributed by atoms with Crippen LogP contribution < -0.4 is 5.73 Å². The van der Waals surface area contributed by atoms with E-state index in [2.05, 4.69) is 0 Å². The highest BCUT2D eigenvalue weighted by Crippen LogP contribution is 2.17. The molecule has 0 spiro atoms. The summed E-state index contributed by atoms with van der Waals surface area (Å²) in [5.41, 5.74) is 5.24. The first-order valence-electron chi connectivity index (χ1n) is 3.64. The van der Waals surface area contributed by atoms with Gasteiger partial charge in [-0.1, -0.05) is 0 Å². The Kier molecular flexibility index (Phi) is 5.08. The highest BCUT2D eigenvalue weighted by Gasteiger charge is 2.41. The minimum Gasteiger partial charge on any atom is -0.394 e. The van der Waals surface area contributed by atoms with Crippen LogP contribution >= 0.6 is 12.4 Å². The van der Waals surface area contributed by atoms with Crippen molar-refractivity contribution in [3.05, 3.63) is 0 Å². The van der Waals surface area contributed by atoms with Gasteiger partial charge in [0.2, 0.25) is 0 Å². The summed E-state index contributed by atoms with van der Waals surface area (Å²) < 4.78 is 4.80. The summed E-state index contributed by atoms with van der Waals surface area (Å²) in [5.74, 6) is 0. The molecule has 0 aromatic carbocycles.